The largest absolute Gasteiger partial charge is 0.480 e. The molecule has 0 spiro atoms. The lowest BCUT2D eigenvalue weighted by atomic mass is 10.0. The van der Waals surface area contributed by atoms with Gasteiger partial charge in [-0.1, -0.05) is 37.6 Å². The van der Waals surface area contributed by atoms with E-state index in [0.717, 1.165) is 0 Å². The highest BCUT2D eigenvalue weighted by Crippen LogP contribution is 2.21. The molecule has 2 unspecified atom stereocenters. The van der Waals surface area contributed by atoms with Crippen molar-refractivity contribution in [1.82, 2.24) is 10.0 Å². The SMILES string of the molecule is CNS(=O)(=O)c1cccc(C(C)NC(=O)C(Oc2ccc(Cl)cc2)C(C)C)c1. The van der Waals surface area contributed by atoms with Gasteiger partial charge in [-0.2, -0.15) is 0 Å². The summed E-state index contributed by atoms with van der Waals surface area (Å²) < 4.78 is 32.1. The summed E-state index contributed by atoms with van der Waals surface area (Å²) in [7, 11) is -2.20. The van der Waals surface area contributed by atoms with Gasteiger partial charge in [-0.15, -0.1) is 0 Å². The first-order chi connectivity index (χ1) is 13.1. The predicted octanol–water partition coefficient (Wildman–Crippen LogP) is 3.53. The molecule has 1 amide bonds. The molecule has 0 fully saturated rings. The summed E-state index contributed by atoms with van der Waals surface area (Å²) in [5.74, 6) is 0.200. The van der Waals surface area contributed by atoms with E-state index in [1.54, 1.807) is 49.4 Å². The van der Waals surface area contributed by atoms with Crippen molar-refractivity contribution in [3.05, 3.63) is 59.1 Å². The van der Waals surface area contributed by atoms with Gasteiger partial charge in [0.2, 0.25) is 10.0 Å². The number of rotatable bonds is 8. The molecule has 2 N–H and O–H groups in total. The Morgan fingerprint density at radius 2 is 1.71 bits per heavy atom. The van der Waals surface area contributed by atoms with Crippen molar-refractivity contribution in [2.45, 2.75) is 37.8 Å². The molecule has 8 heteroatoms. The van der Waals surface area contributed by atoms with E-state index in [2.05, 4.69) is 10.0 Å². The number of carbonyl (C=O) groups is 1. The Bertz CT molecular complexity index is 914. The normalized spacial score (nSPS) is 13.8. The average Bonchev–Trinajstić information content (AvgIpc) is 2.67. The second kappa shape index (κ2) is 9.41. The molecule has 0 aliphatic heterocycles. The Morgan fingerprint density at radius 1 is 1.07 bits per heavy atom. The molecule has 2 atom stereocenters. The molecule has 0 bridgehead atoms. The average molecular weight is 425 g/mol. The van der Waals surface area contributed by atoms with Crippen molar-refractivity contribution < 1.29 is 17.9 Å². The minimum atomic E-state index is -3.55. The van der Waals surface area contributed by atoms with Crippen LogP contribution in [-0.4, -0.2) is 27.5 Å². The fraction of sp³-hybridized carbons (Fsp3) is 0.350. The summed E-state index contributed by atoms with van der Waals surface area (Å²) >= 11 is 5.88. The number of hydrogen-bond donors (Lipinski definition) is 2. The van der Waals surface area contributed by atoms with Crippen LogP contribution < -0.4 is 14.8 Å². The molecular formula is C20H25ClN2O4S. The number of sulfonamides is 1. The maximum absolute atomic E-state index is 12.8. The number of hydrogen-bond acceptors (Lipinski definition) is 4. The van der Waals surface area contributed by atoms with Gasteiger partial charge in [-0.05, 0) is 61.9 Å². The Morgan fingerprint density at radius 3 is 2.29 bits per heavy atom. The van der Waals surface area contributed by atoms with Gasteiger partial charge in [0.1, 0.15) is 5.75 Å². The van der Waals surface area contributed by atoms with Crippen LogP contribution in [-0.2, 0) is 14.8 Å². The van der Waals surface area contributed by atoms with Gasteiger partial charge in [0, 0.05) is 5.02 Å². The number of ether oxygens (including phenoxy) is 1. The standard InChI is InChI=1S/C20H25ClN2O4S/c1-13(2)19(27-17-10-8-16(21)9-11-17)20(24)23-14(3)15-6-5-7-18(12-15)28(25,26)22-4/h5-14,19,22H,1-4H3,(H,23,24). The first kappa shape index (κ1) is 22.2. The first-order valence-corrected chi connectivity index (χ1v) is 10.8. The third kappa shape index (κ3) is 5.70. The minimum absolute atomic E-state index is 0.0705. The predicted molar refractivity (Wildman–Crippen MR) is 110 cm³/mol. The zero-order chi connectivity index (χ0) is 20.9. The van der Waals surface area contributed by atoms with E-state index >= 15 is 0 Å². The third-order valence-electron chi connectivity index (χ3n) is 4.24. The van der Waals surface area contributed by atoms with E-state index in [0.29, 0.717) is 16.3 Å². The van der Waals surface area contributed by atoms with E-state index in [9.17, 15) is 13.2 Å². The highest BCUT2D eigenvalue weighted by Gasteiger charge is 2.26. The van der Waals surface area contributed by atoms with E-state index < -0.39 is 22.2 Å². The molecule has 2 aromatic carbocycles. The van der Waals surface area contributed by atoms with Crippen LogP contribution in [0.1, 0.15) is 32.4 Å². The van der Waals surface area contributed by atoms with Crippen LogP contribution in [0.2, 0.25) is 5.02 Å². The van der Waals surface area contributed by atoms with Crippen LogP contribution in [0.3, 0.4) is 0 Å². The summed E-state index contributed by atoms with van der Waals surface area (Å²) in [4.78, 5) is 12.9. The van der Waals surface area contributed by atoms with Crippen LogP contribution in [0.4, 0.5) is 0 Å². The van der Waals surface area contributed by atoms with Crippen LogP contribution in [0, 0.1) is 5.92 Å². The van der Waals surface area contributed by atoms with Crippen molar-refractivity contribution in [2.24, 2.45) is 5.92 Å². The molecule has 152 valence electrons. The summed E-state index contributed by atoms with van der Waals surface area (Å²) in [5, 5.41) is 3.49. The lowest BCUT2D eigenvalue weighted by Crippen LogP contribution is -2.42. The fourth-order valence-electron chi connectivity index (χ4n) is 2.60. The zero-order valence-electron chi connectivity index (χ0n) is 16.3. The molecule has 2 rings (SSSR count). The molecule has 0 radical (unpaired) electrons. The number of carbonyl (C=O) groups excluding carboxylic acids is 1. The highest BCUT2D eigenvalue weighted by atomic mass is 35.5. The van der Waals surface area contributed by atoms with Gasteiger partial charge < -0.3 is 10.1 Å². The van der Waals surface area contributed by atoms with Gasteiger partial charge >= 0.3 is 0 Å². The molecule has 0 heterocycles. The first-order valence-electron chi connectivity index (χ1n) is 8.90. The van der Waals surface area contributed by atoms with Crippen molar-refractivity contribution in [1.29, 1.82) is 0 Å². The monoisotopic (exact) mass is 424 g/mol. The minimum Gasteiger partial charge on any atom is -0.480 e. The smallest absolute Gasteiger partial charge is 0.261 e. The maximum Gasteiger partial charge on any atom is 0.261 e. The number of nitrogens with one attached hydrogen (secondary N) is 2. The molecule has 0 aliphatic carbocycles. The Labute approximate surface area is 171 Å². The van der Waals surface area contributed by atoms with Crippen LogP contribution in [0.15, 0.2) is 53.4 Å². The molecule has 6 nitrogen and oxygen atoms in total. The van der Waals surface area contributed by atoms with Crippen molar-refractivity contribution >= 4 is 27.5 Å². The summed E-state index contributed by atoms with van der Waals surface area (Å²) in [6, 6.07) is 12.9. The van der Waals surface area contributed by atoms with Crippen molar-refractivity contribution in [3.8, 4) is 5.75 Å². The molecule has 0 saturated heterocycles. The van der Waals surface area contributed by atoms with Crippen LogP contribution >= 0.6 is 11.6 Å². The van der Waals surface area contributed by atoms with Gasteiger partial charge in [0.15, 0.2) is 6.10 Å². The Hall–Kier alpha value is -2.09. The molecule has 28 heavy (non-hydrogen) atoms. The summed E-state index contributed by atoms with van der Waals surface area (Å²) in [6.45, 7) is 5.58. The lowest BCUT2D eigenvalue weighted by Gasteiger charge is -2.24. The summed E-state index contributed by atoms with van der Waals surface area (Å²) in [5.41, 5.74) is 0.679. The Kier molecular flexibility index (Phi) is 7.46. The van der Waals surface area contributed by atoms with Crippen molar-refractivity contribution in [3.63, 3.8) is 0 Å². The topological polar surface area (TPSA) is 84.5 Å². The second-order valence-corrected chi connectivity index (χ2v) is 9.07. The lowest BCUT2D eigenvalue weighted by molar-refractivity contribution is -0.130. The van der Waals surface area contributed by atoms with E-state index in [1.807, 2.05) is 13.8 Å². The fourth-order valence-corrected chi connectivity index (χ4v) is 3.51. The van der Waals surface area contributed by atoms with E-state index in [1.165, 1.54) is 13.1 Å². The van der Waals surface area contributed by atoms with Crippen molar-refractivity contribution in [2.75, 3.05) is 7.05 Å². The van der Waals surface area contributed by atoms with E-state index in [-0.39, 0.29) is 16.7 Å². The molecule has 0 aliphatic rings. The quantitative estimate of drug-likeness (QED) is 0.678. The van der Waals surface area contributed by atoms with Gasteiger partial charge in [0.05, 0.1) is 10.9 Å². The highest BCUT2D eigenvalue weighted by molar-refractivity contribution is 7.89. The molecule has 0 aromatic heterocycles. The maximum atomic E-state index is 12.8. The third-order valence-corrected chi connectivity index (χ3v) is 5.90. The number of benzene rings is 2. The van der Waals surface area contributed by atoms with Gasteiger partial charge in [-0.3, -0.25) is 4.79 Å². The molecular weight excluding hydrogens is 400 g/mol. The van der Waals surface area contributed by atoms with E-state index in [4.69, 9.17) is 16.3 Å². The zero-order valence-corrected chi connectivity index (χ0v) is 17.8. The van der Waals surface area contributed by atoms with Crippen LogP contribution in [0.5, 0.6) is 5.75 Å². The van der Waals surface area contributed by atoms with Gasteiger partial charge in [-0.25, -0.2) is 13.1 Å². The number of halogens is 1. The molecule has 0 saturated carbocycles. The van der Waals surface area contributed by atoms with Gasteiger partial charge in [0.25, 0.3) is 5.91 Å². The number of amides is 1. The molecule has 2 aromatic rings. The second-order valence-electron chi connectivity index (χ2n) is 6.75. The Balaban J connectivity index is 2.14. The van der Waals surface area contributed by atoms with Crippen LogP contribution in [0.25, 0.3) is 0 Å². The summed E-state index contributed by atoms with van der Waals surface area (Å²) in [6.07, 6.45) is -0.701.